The number of benzene rings is 1. The van der Waals surface area contributed by atoms with Gasteiger partial charge in [-0.25, -0.2) is 9.59 Å². The summed E-state index contributed by atoms with van der Waals surface area (Å²) in [6, 6.07) is 10.9. The summed E-state index contributed by atoms with van der Waals surface area (Å²) < 4.78 is 6.42. The summed E-state index contributed by atoms with van der Waals surface area (Å²) in [7, 11) is 2.02. The molecule has 3 rings (SSSR count). The molecule has 0 spiro atoms. The number of rotatable bonds is 7. The van der Waals surface area contributed by atoms with Gasteiger partial charge in [0.05, 0.1) is 18.8 Å². The van der Waals surface area contributed by atoms with Gasteiger partial charge >= 0.3 is 11.9 Å². The predicted octanol–water partition coefficient (Wildman–Crippen LogP) is 3.89. The van der Waals surface area contributed by atoms with Gasteiger partial charge in [0.25, 0.3) is 0 Å². The smallest absolute Gasteiger partial charge is 0.328 e. The van der Waals surface area contributed by atoms with E-state index in [9.17, 15) is 9.59 Å². The molecule has 2 saturated carbocycles. The molecule has 1 unspecified atom stereocenters. The van der Waals surface area contributed by atoms with Crippen LogP contribution >= 0.6 is 0 Å². The molecule has 2 aliphatic carbocycles. The molecule has 6 nitrogen and oxygen atoms in total. The van der Waals surface area contributed by atoms with Crippen LogP contribution in [0.15, 0.2) is 42.5 Å². The first-order chi connectivity index (χ1) is 13.6. The fourth-order valence-corrected chi connectivity index (χ4v) is 4.77. The van der Waals surface area contributed by atoms with Crippen molar-refractivity contribution in [1.82, 2.24) is 5.32 Å². The van der Waals surface area contributed by atoms with Crippen LogP contribution in [0.1, 0.15) is 51.6 Å². The van der Waals surface area contributed by atoms with Crippen LogP contribution in [0.5, 0.6) is 0 Å². The lowest BCUT2D eigenvalue weighted by molar-refractivity contribution is -0.134. The van der Waals surface area contributed by atoms with Crippen LogP contribution in [0, 0.1) is 16.7 Å². The van der Waals surface area contributed by atoms with E-state index < -0.39 is 11.9 Å². The van der Waals surface area contributed by atoms with Crippen molar-refractivity contribution in [3.05, 3.63) is 48.0 Å². The van der Waals surface area contributed by atoms with Crippen LogP contribution in [0.25, 0.3) is 0 Å². The normalized spacial score (nSPS) is 28.0. The Labute approximate surface area is 173 Å². The lowest BCUT2D eigenvalue weighted by Crippen LogP contribution is -2.38. The Morgan fingerprint density at radius 2 is 1.76 bits per heavy atom. The highest BCUT2D eigenvalue weighted by molar-refractivity contribution is 5.89. The number of hydrogen-bond acceptors (Lipinski definition) is 4. The Morgan fingerprint density at radius 1 is 1.17 bits per heavy atom. The van der Waals surface area contributed by atoms with Crippen molar-refractivity contribution in [3.63, 3.8) is 0 Å². The van der Waals surface area contributed by atoms with Gasteiger partial charge in [0.1, 0.15) is 0 Å². The summed E-state index contributed by atoms with van der Waals surface area (Å²) in [5.41, 5.74) is 2.10. The van der Waals surface area contributed by atoms with Gasteiger partial charge in [0.2, 0.25) is 0 Å². The average molecular weight is 404 g/mol. The molecule has 0 radical (unpaired) electrons. The number of aliphatic carboxylic acids is 2. The van der Waals surface area contributed by atoms with E-state index in [0.29, 0.717) is 29.1 Å². The minimum atomic E-state index is -1.26. The molecule has 2 aliphatic rings. The Hall–Kier alpha value is -2.18. The number of nitrogens with one attached hydrogen (secondary N) is 1. The van der Waals surface area contributed by atoms with Crippen molar-refractivity contribution in [3.8, 4) is 0 Å². The van der Waals surface area contributed by atoms with Crippen LogP contribution in [-0.2, 0) is 14.3 Å². The van der Waals surface area contributed by atoms with E-state index in [1.807, 2.05) is 7.05 Å². The summed E-state index contributed by atoms with van der Waals surface area (Å²) in [5, 5.41) is 19.0. The van der Waals surface area contributed by atoms with Crippen molar-refractivity contribution >= 4 is 11.9 Å². The molecule has 0 aliphatic heterocycles. The number of likely N-dealkylation sites (N-methyl/N-ethyl adjacent to an activating group) is 1. The molecule has 1 aromatic rings. The molecule has 4 atom stereocenters. The van der Waals surface area contributed by atoms with E-state index in [1.54, 1.807) is 0 Å². The Morgan fingerprint density at radius 3 is 2.17 bits per heavy atom. The van der Waals surface area contributed by atoms with Crippen LogP contribution in [0.4, 0.5) is 0 Å². The van der Waals surface area contributed by atoms with Gasteiger partial charge in [-0.2, -0.15) is 0 Å². The first kappa shape index (κ1) is 23.1. The predicted molar refractivity (Wildman–Crippen MR) is 112 cm³/mol. The molecular weight excluding hydrogens is 370 g/mol. The van der Waals surface area contributed by atoms with E-state index >= 15 is 0 Å². The zero-order chi connectivity index (χ0) is 21.7. The van der Waals surface area contributed by atoms with E-state index in [1.165, 1.54) is 24.8 Å². The van der Waals surface area contributed by atoms with Crippen LogP contribution < -0.4 is 5.32 Å². The van der Waals surface area contributed by atoms with Gasteiger partial charge in [0, 0.05) is 12.2 Å². The highest BCUT2D eigenvalue weighted by atomic mass is 16.5. The quantitative estimate of drug-likeness (QED) is 0.598. The van der Waals surface area contributed by atoms with Crippen LogP contribution in [0.3, 0.4) is 0 Å². The molecule has 0 aromatic heterocycles. The van der Waals surface area contributed by atoms with Gasteiger partial charge in [-0.3, -0.25) is 0 Å². The summed E-state index contributed by atoms with van der Waals surface area (Å²) in [6.07, 6.45) is 5.49. The van der Waals surface area contributed by atoms with Crippen molar-refractivity contribution in [2.75, 3.05) is 13.7 Å². The molecular formula is C23H33NO5. The van der Waals surface area contributed by atoms with Gasteiger partial charge in [-0.1, -0.05) is 51.1 Å². The highest BCUT2D eigenvalue weighted by Gasteiger charge is 2.61. The van der Waals surface area contributed by atoms with Crippen LogP contribution in [-0.4, -0.2) is 41.9 Å². The zero-order valence-corrected chi connectivity index (χ0v) is 17.7. The van der Waals surface area contributed by atoms with Crippen molar-refractivity contribution < 1.29 is 24.5 Å². The summed E-state index contributed by atoms with van der Waals surface area (Å²) in [5.74, 6) is -1.67. The molecule has 160 valence electrons. The summed E-state index contributed by atoms with van der Waals surface area (Å²) in [6.45, 7) is 8.10. The third-order valence-corrected chi connectivity index (χ3v) is 7.10. The second-order valence-electron chi connectivity index (χ2n) is 8.69. The molecule has 0 saturated heterocycles. The van der Waals surface area contributed by atoms with Crippen molar-refractivity contribution in [1.29, 1.82) is 0 Å². The molecule has 3 N–H and O–H groups in total. The number of carboxylic acid groups (broad SMARTS) is 2. The third kappa shape index (κ3) is 5.25. The molecule has 29 heavy (non-hydrogen) atoms. The topological polar surface area (TPSA) is 95.9 Å². The highest BCUT2D eigenvalue weighted by Crippen LogP contribution is 2.66. The van der Waals surface area contributed by atoms with E-state index in [4.69, 9.17) is 14.9 Å². The third-order valence-electron chi connectivity index (χ3n) is 7.10. The lowest BCUT2D eigenvalue weighted by Gasteiger charge is -2.39. The zero-order valence-electron chi connectivity index (χ0n) is 17.7. The first-order valence-corrected chi connectivity index (χ1v) is 10.1. The number of carboxylic acids is 2. The standard InChI is InChI=1S/C19H29NO.C4H4O4/c1-18(2)15-10-11-19(18,3)17(12-15)21-13-16(20-4)14-8-6-5-7-9-14;5-3(6)1-2-4(7)8/h5-9,15-17,20H,10-13H2,1-4H3;1-2H,(H,5,6)(H,7,8)/b;2-1+/t15-,16?,17+,19+;/m1./s1. The fraction of sp³-hybridized carbons (Fsp3) is 0.565. The molecule has 1 aromatic carbocycles. The minimum absolute atomic E-state index is 0.289. The van der Waals surface area contributed by atoms with Crippen LogP contribution in [0.2, 0.25) is 0 Å². The second kappa shape index (κ2) is 9.55. The van der Waals surface area contributed by atoms with E-state index in [-0.39, 0.29) is 6.04 Å². The molecule has 0 amide bonds. The van der Waals surface area contributed by atoms with Gasteiger partial charge < -0.3 is 20.3 Å². The van der Waals surface area contributed by atoms with Gasteiger partial charge in [-0.05, 0) is 48.6 Å². The first-order valence-electron chi connectivity index (χ1n) is 10.1. The second-order valence-corrected chi connectivity index (χ2v) is 8.69. The number of fused-ring (bicyclic) bond motifs is 2. The summed E-state index contributed by atoms with van der Waals surface area (Å²) >= 11 is 0. The largest absolute Gasteiger partial charge is 0.478 e. The number of hydrogen-bond donors (Lipinski definition) is 3. The Balaban J connectivity index is 0.000000321. The van der Waals surface area contributed by atoms with Crippen molar-refractivity contribution in [2.24, 2.45) is 16.7 Å². The van der Waals surface area contributed by atoms with E-state index in [2.05, 4.69) is 56.4 Å². The fourth-order valence-electron chi connectivity index (χ4n) is 4.77. The average Bonchev–Trinajstić information content (AvgIpc) is 3.02. The van der Waals surface area contributed by atoms with Gasteiger partial charge in [-0.15, -0.1) is 0 Å². The Bertz CT molecular complexity index is 714. The van der Waals surface area contributed by atoms with E-state index in [0.717, 1.165) is 12.5 Å². The number of ether oxygens (including phenoxy) is 1. The molecule has 0 heterocycles. The maximum absolute atomic E-state index is 9.55. The SMILES string of the molecule is CNC(CO[C@H]1C[C@H]2CC[C@]1(C)C2(C)C)c1ccccc1.O=C(O)/C=C/C(=O)O. The number of carbonyl (C=O) groups is 2. The molecule has 2 fully saturated rings. The summed E-state index contributed by atoms with van der Waals surface area (Å²) in [4.78, 5) is 19.1. The maximum atomic E-state index is 9.55. The van der Waals surface area contributed by atoms with Crippen molar-refractivity contribution in [2.45, 2.75) is 52.2 Å². The molecule has 6 heteroatoms. The lowest BCUT2D eigenvalue weighted by atomic mass is 9.70. The van der Waals surface area contributed by atoms with Gasteiger partial charge in [0.15, 0.2) is 0 Å². The maximum Gasteiger partial charge on any atom is 0.328 e. The minimum Gasteiger partial charge on any atom is -0.478 e. The molecule has 2 bridgehead atoms. The monoisotopic (exact) mass is 403 g/mol. The Kier molecular flexibility index (Phi) is 7.60.